The fourth-order valence-corrected chi connectivity index (χ4v) is 3.40. The van der Waals surface area contributed by atoms with Gasteiger partial charge in [0.25, 0.3) is 0 Å². The second kappa shape index (κ2) is 8.37. The van der Waals surface area contributed by atoms with E-state index in [4.69, 9.17) is 4.74 Å². The molecule has 0 aliphatic carbocycles. The molecular weight excluding hydrogens is 310 g/mol. The number of carbonyl (C=O) groups is 1. The van der Waals surface area contributed by atoms with Crippen LogP contribution in [0.4, 0.5) is 4.79 Å². The quantitative estimate of drug-likeness (QED) is 0.627. The highest BCUT2D eigenvalue weighted by atomic mass is 16.6. The lowest BCUT2D eigenvalue weighted by Gasteiger charge is -2.32. The summed E-state index contributed by atoms with van der Waals surface area (Å²) in [5.41, 5.74) is 1.09. The number of ether oxygens (including phenoxy) is 1. The summed E-state index contributed by atoms with van der Waals surface area (Å²) in [7, 11) is 0. The van der Waals surface area contributed by atoms with Crippen molar-refractivity contribution in [2.24, 2.45) is 5.92 Å². The van der Waals surface area contributed by atoms with E-state index in [0.717, 1.165) is 17.4 Å². The van der Waals surface area contributed by atoms with Crippen LogP contribution in [-0.4, -0.2) is 23.1 Å². The van der Waals surface area contributed by atoms with Crippen LogP contribution in [0.15, 0.2) is 42.5 Å². The summed E-state index contributed by atoms with van der Waals surface area (Å²) in [5.74, 6) is 0.434. The van der Waals surface area contributed by atoms with E-state index in [-0.39, 0.29) is 24.3 Å². The molecule has 0 N–H and O–H groups in total. The summed E-state index contributed by atoms with van der Waals surface area (Å²) in [6, 6.07) is 14.7. The van der Waals surface area contributed by atoms with Crippen LogP contribution in [0.5, 0.6) is 0 Å². The Bertz CT molecular complexity index is 693. The van der Waals surface area contributed by atoms with E-state index in [9.17, 15) is 4.79 Å². The molecule has 0 bridgehead atoms. The van der Waals surface area contributed by atoms with Crippen LogP contribution in [0.1, 0.15) is 59.6 Å². The zero-order valence-electron chi connectivity index (χ0n) is 16.3. The maximum atomic E-state index is 12.8. The van der Waals surface area contributed by atoms with Gasteiger partial charge in [0.15, 0.2) is 0 Å². The zero-order chi connectivity index (χ0) is 18.6. The first-order valence-corrected chi connectivity index (χ1v) is 9.27. The van der Waals surface area contributed by atoms with E-state index in [1.807, 2.05) is 45.9 Å². The highest BCUT2D eigenvalue weighted by Crippen LogP contribution is 2.32. The Morgan fingerprint density at radius 3 is 2.12 bits per heavy atom. The fraction of sp³-hybridized carbons (Fsp3) is 0.500. The van der Waals surface area contributed by atoms with Gasteiger partial charge in [-0.2, -0.15) is 0 Å². The van der Waals surface area contributed by atoms with Gasteiger partial charge in [-0.15, -0.1) is 0 Å². The van der Waals surface area contributed by atoms with Crippen molar-refractivity contribution in [1.29, 1.82) is 0 Å². The summed E-state index contributed by atoms with van der Waals surface area (Å²) in [6.07, 6.45) is 0.339. The second-order valence-corrected chi connectivity index (χ2v) is 7.67. The molecule has 0 saturated heterocycles. The van der Waals surface area contributed by atoms with Gasteiger partial charge in [0.1, 0.15) is 6.10 Å². The zero-order valence-corrected chi connectivity index (χ0v) is 16.3. The van der Waals surface area contributed by atoms with Crippen LogP contribution < -0.4 is 0 Å². The molecule has 2 aromatic carbocycles. The van der Waals surface area contributed by atoms with Gasteiger partial charge in [0, 0.05) is 17.6 Å². The molecule has 0 heterocycles. The van der Waals surface area contributed by atoms with Crippen molar-refractivity contribution in [3.8, 4) is 0 Å². The monoisotopic (exact) mass is 341 g/mol. The number of hydrogen-bond donors (Lipinski definition) is 0. The van der Waals surface area contributed by atoms with Crippen LogP contribution in [0.2, 0.25) is 0 Å². The van der Waals surface area contributed by atoms with E-state index < -0.39 is 0 Å². The van der Waals surface area contributed by atoms with Gasteiger partial charge in [-0.25, -0.2) is 4.79 Å². The lowest BCUT2D eigenvalue weighted by molar-refractivity contribution is 0.0375. The van der Waals surface area contributed by atoms with E-state index in [2.05, 4.69) is 38.1 Å². The van der Waals surface area contributed by atoms with Gasteiger partial charge in [-0.3, -0.25) is 0 Å². The van der Waals surface area contributed by atoms with Gasteiger partial charge in [-0.1, -0.05) is 56.3 Å². The highest BCUT2D eigenvalue weighted by Gasteiger charge is 2.26. The molecule has 1 amide bonds. The van der Waals surface area contributed by atoms with Crippen molar-refractivity contribution in [3.05, 3.63) is 48.0 Å². The number of rotatable bonds is 6. The SMILES string of the molecule is CC(C)C[C@H](OC(=O)N(C(C)C)C(C)C)c1cccc2ccccc12. The molecule has 2 rings (SSSR count). The van der Waals surface area contributed by atoms with Crippen molar-refractivity contribution >= 4 is 16.9 Å². The molecule has 0 unspecified atom stereocenters. The summed E-state index contributed by atoms with van der Waals surface area (Å²) in [4.78, 5) is 14.6. The maximum Gasteiger partial charge on any atom is 0.410 e. The first-order valence-electron chi connectivity index (χ1n) is 9.27. The average Bonchev–Trinajstić information content (AvgIpc) is 2.52. The Labute approximate surface area is 152 Å². The highest BCUT2D eigenvalue weighted by molar-refractivity contribution is 5.86. The van der Waals surface area contributed by atoms with Gasteiger partial charge < -0.3 is 9.64 Å². The Morgan fingerprint density at radius 1 is 0.920 bits per heavy atom. The van der Waals surface area contributed by atoms with E-state index >= 15 is 0 Å². The summed E-state index contributed by atoms with van der Waals surface area (Å²) >= 11 is 0. The van der Waals surface area contributed by atoms with Gasteiger partial charge in [-0.05, 0) is 50.8 Å². The molecule has 0 fully saturated rings. The molecule has 25 heavy (non-hydrogen) atoms. The van der Waals surface area contributed by atoms with Crippen LogP contribution >= 0.6 is 0 Å². The average molecular weight is 341 g/mol. The van der Waals surface area contributed by atoms with Crippen LogP contribution in [0, 0.1) is 5.92 Å². The van der Waals surface area contributed by atoms with Crippen LogP contribution in [0.3, 0.4) is 0 Å². The Morgan fingerprint density at radius 2 is 1.52 bits per heavy atom. The first-order chi connectivity index (χ1) is 11.8. The third kappa shape index (κ3) is 4.75. The molecule has 1 atom stereocenters. The van der Waals surface area contributed by atoms with Gasteiger partial charge >= 0.3 is 6.09 Å². The minimum Gasteiger partial charge on any atom is -0.441 e. The van der Waals surface area contributed by atoms with Crippen molar-refractivity contribution in [3.63, 3.8) is 0 Å². The van der Waals surface area contributed by atoms with Crippen molar-refractivity contribution in [2.75, 3.05) is 0 Å². The summed E-state index contributed by atoms with van der Waals surface area (Å²) in [6.45, 7) is 12.4. The van der Waals surface area contributed by atoms with E-state index in [1.165, 1.54) is 5.39 Å². The van der Waals surface area contributed by atoms with Crippen molar-refractivity contribution in [1.82, 2.24) is 4.90 Å². The van der Waals surface area contributed by atoms with Crippen molar-refractivity contribution in [2.45, 2.75) is 66.2 Å². The molecule has 0 saturated carbocycles. The molecule has 0 radical (unpaired) electrons. The van der Waals surface area contributed by atoms with E-state index in [0.29, 0.717) is 5.92 Å². The normalized spacial score (nSPS) is 12.8. The minimum atomic E-state index is -0.237. The third-order valence-electron chi connectivity index (χ3n) is 4.42. The lowest BCUT2D eigenvalue weighted by atomic mass is 9.95. The third-order valence-corrected chi connectivity index (χ3v) is 4.42. The molecule has 0 spiro atoms. The first kappa shape index (κ1) is 19.3. The number of benzene rings is 2. The fourth-order valence-electron chi connectivity index (χ4n) is 3.40. The second-order valence-electron chi connectivity index (χ2n) is 7.67. The number of nitrogens with zero attached hydrogens (tertiary/aromatic N) is 1. The number of amides is 1. The summed E-state index contributed by atoms with van der Waals surface area (Å²) < 4.78 is 6.03. The predicted octanol–water partition coefficient (Wildman–Crippen LogP) is 6.18. The predicted molar refractivity (Wildman–Crippen MR) is 105 cm³/mol. The molecule has 136 valence electrons. The summed E-state index contributed by atoms with van der Waals surface area (Å²) in [5, 5.41) is 2.33. The molecule has 0 aliphatic heterocycles. The Hall–Kier alpha value is -2.03. The largest absolute Gasteiger partial charge is 0.441 e. The number of carbonyl (C=O) groups excluding carboxylic acids is 1. The molecular formula is C22H31NO2. The number of hydrogen-bond acceptors (Lipinski definition) is 2. The molecule has 3 nitrogen and oxygen atoms in total. The molecule has 2 aromatic rings. The van der Waals surface area contributed by atoms with Gasteiger partial charge in [0.2, 0.25) is 0 Å². The molecule has 3 heteroatoms. The van der Waals surface area contributed by atoms with Crippen molar-refractivity contribution < 1.29 is 9.53 Å². The maximum absolute atomic E-state index is 12.8. The van der Waals surface area contributed by atoms with E-state index in [1.54, 1.807) is 4.90 Å². The van der Waals surface area contributed by atoms with Crippen LogP contribution in [0.25, 0.3) is 10.8 Å². The topological polar surface area (TPSA) is 29.5 Å². The standard InChI is InChI=1S/C22H31NO2/c1-15(2)14-21(25-22(24)23(16(3)4)17(5)6)20-13-9-11-18-10-7-8-12-19(18)20/h7-13,15-17,21H,14H2,1-6H3/t21-/m0/s1. The minimum absolute atomic E-state index is 0.111. The van der Waals surface area contributed by atoms with Crippen LogP contribution in [-0.2, 0) is 4.74 Å². The molecule has 0 aromatic heterocycles. The Balaban J connectivity index is 2.37. The van der Waals surface area contributed by atoms with Gasteiger partial charge in [0.05, 0.1) is 0 Å². The number of fused-ring (bicyclic) bond motifs is 1. The Kier molecular flexibility index (Phi) is 6.46. The molecule has 0 aliphatic rings. The lowest BCUT2D eigenvalue weighted by Crippen LogP contribution is -2.42. The smallest absolute Gasteiger partial charge is 0.410 e.